The highest BCUT2D eigenvalue weighted by Crippen LogP contribution is 2.30. The zero-order chi connectivity index (χ0) is 13.1. The number of benzene rings is 1. The van der Waals surface area contributed by atoms with Crippen molar-refractivity contribution in [1.29, 1.82) is 0 Å². The molecule has 0 aliphatic carbocycles. The van der Waals surface area contributed by atoms with Gasteiger partial charge in [0.2, 0.25) is 0 Å². The molecule has 4 nitrogen and oxygen atoms in total. The molecular formula is C13H20O4. The quantitative estimate of drug-likeness (QED) is 0.825. The van der Waals surface area contributed by atoms with E-state index in [1.807, 2.05) is 0 Å². The molecular weight excluding hydrogens is 220 g/mol. The molecule has 2 N–H and O–H groups in total. The van der Waals surface area contributed by atoms with Gasteiger partial charge in [-0.1, -0.05) is 0 Å². The molecule has 0 saturated carbocycles. The van der Waals surface area contributed by atoms with E-state index in [4.69, 9.17) is 9.47 Å². The lowest BCUT2D eigenvalue weighted by Crippen LogP contribution is -2.28. The summed E-state index contributed by atoms with van der Waals surface area (Å²) in [4.78, 5) is 0. The summed E-state index contributed by atoms with van der Waals surface area (Å²) in [7, 11) is 1.57. The lowest BCUT2D eigenvalue weighted by Gasteiger charge is -2.20. The Bertz CT molecular complexity index is 366. The van der Waals surface area contributed by atoms with Crippen molar-refractivity contribution >= 4 is 0 Å². The zero-order valence-corrected chi connectivity index (χ0v) is 10.7. The molecule has 96 valence electrons. The van der Waals surface area contributed by atoms with Gasteiger partial charge in [-0.15, -0.1) is 0 Å². The highest BCUT2D eigenvalue weighted by atomic mass is 16.5. The molecule has 0 aliphatic heterocycles. The van der Waals surface area contributed by atoms with Crippen LogP contribution in [0.3, 0.4) is 0 Å². The van der Waals surface area contributed by atoms with E-state index in [9.17, 15) is 10.2 Å². The van der Waals surface area contributed by atoms with Crippen molar-refractivity contribution in [2.45, 2.75) is 32.5 Å². The third-order valence-corrected chi connectivity index (χ3v) is 2.25. The third-order valence-electron chi connectivity index (χ3n) is 2.25. The number of hydrogen-bond donors (Lipinski definition) is 2. The van der Waals surface area contributed by atoms with Crippen LogP contribution >= 0.6 is 0 Å². The Morgan fingerprint density at radius 2 is 2.00 bits per heavy atom. The normalized spacial score (nSPS) is 13.3. The summed E-state index contributed by atoms with van der Waals surface area (Å²) in [6, 6.07) is 5.22. The van der Waals surface area contributed by atoms with Crippen molar-refractivity contribution in [3.63, 3.8) is 0 Å². The van der Waals surface area contributed by atoms with Crippen molar-refractivity contribution < 1.29 is 19.7 Å². The van der Waals surface area contributed by atoms with Gasteiger partial charge >= 0.3 is 0 Å². The molecule has 0 amide bonds. The second-order valence-corrected chi connectivity index (χ2v) is 4.68. The molecule has 0 aromatic heterocycles. The van der Waals surface area contributed by atoms with Crippen molar-refractivity contribution in [3.8, 4) is 11.5 Å². The number of rotatable bonds is 5. The fourth-order valence-electron chi connectivity index (χ4n) is 1.37. The Balaban J connectivity index is 2.93. The predicted octanol–water partition coefficient (Wildman–Crippen LogP) is 1.90. The third kappa shape index (κ3) is 4.24. The van der Waals surface area contributed by atoms with E-state index in [2.05, 4.69) is 0 Å². The van der Waals surface area contributed by atoms with Gasteiger partial charge in [-0.3, -0.25) is 0 Å². The van der Waals surface area contributed by atoms with Crippen molar-refractivity contribution in [3.05, 3.63) is 23.8 Å². The topological polar surface area (TPSA) is 58.9 Å². The van der Waals surface area contributed by atoms with Crippen LogP contribution in [0.15, 0.2) is 18.2 Å². The number of ether oxygens (including phenoxy) is 2. The van der Waals surface area contributed by atoms with E-state index >= 15 is 0 Å². The number of methoxy groups -OCH3 is 1. The monoisotopic (exact) mass is 240 g/mol. The summed E-state index contributed by atoms with van der Waals surface area (Å²) in [5.41, 5.74) is -0.242. The molecule has 0 aliphatic rings. The average Bonchev–Trinajstić information content (AvgIpc) is 2.24. The maximum Gasteiger partial charge on any atom is 0.128 e. The second-order valence-electron chi connectivity index (χ2n) is 4.68. The van der Waals surface area contributed by atoms with E-state index in [0.29, 0.717) is 17.1 Å². The molecule has 0 fully saturated rings. The van der Waals surface area contributed by atoms with Crippen LogP contribution in [0.5, 0.6) is 11.5 Å². The van der Waals surface area contributed by atoms with Gasteiger partial charge in [-0.2, -0.15) is 0 Å². The van der Waals surface area contributed by atoms with Gasteiger partial charge in [0.1, 0.15) is 18.1 Å². The average molecular weight is 240 g/mol. The second kappa shape index (κ2) is 5.38. The molecule has 0 saturated heterocycles. The van der Waals surface area contributed by atoms with Gasteiger partial charge in [-0.25, -0.2) is 0 Å². The number of aliphatic hydroxyl groups is 2. The minimum Gasteiger partial charge on any atom is -0.497 e. The Morgan fingerprint density at radius 1 is 1.35 bits per heavy atom. The number of hydrogen-bond acceptors (Lipinski definition) is 4. The Kier molecular flexibility index (Phi) is 4.37. The fourth-order valence-corrected chi connectivity index (χ4v) is 1.37. The van der Waals surface area contributed by atoms with E-state index < -0.39 is 11.7 Å². The first-order valence-corrected chi connectivity index (χ1v) is 5.54. The van der Waals surface area contributed by atoms with Gasteiger partial charge in [0.05, 0.1) is 18.8 Å². The molecule has 17 heavy (non-hydrogen) atoms. The molecule has 0 bridgehead atoms. The van der Waals surface area contributed by atoms with Crippen LogP contribution in [-0.2, 0) is 0 Å². The summed E-state index contributed by atoms with van der Waals surface area (Å²) in [5, 5.41) is 19.2. The van der Waals surface area contributed by atoms with Crippen LogP contribution < -0.4 is 9.47 Å². The highest BCUT2D eigenvalue weighted by Gasteiger charge is 2.16. The van der Waals surface area contributed by atoms with Gasteiger partial charge < -0.3 is 19.7 Å². The summed E-state index contributed by atoms with van der Waals surface area (Å²) in [6.07, 6.45) is -0.627. The molecule has 0 heterocycles. The van der Waals surface area contributed by atoms with Crippen LogP contribution in [0.1, 0.15) is 32.4 Å². The maximum absolute atomic E-state index is 9.62. The van der Waals surface area contributed by atoms with Crippen molar-refractivity contribution in [1.82, 2.24) is 0 Å². The lowest BCUT2D eigenvalue weighted by molar-refractivity contribution is 0.0271. The Hall–Kier alpha value is -1.26. The fraction of sp³-hybridized carbons (Fsp3) is 0.538. The highest BCUT2D eigenvalue weighted by molar-refractivity contribution is 5.41. The van der Waals surface area contributed by atoms with E-state index in [1.54, 1.807) is 46.1 Å². The molecule has 1 atom stereocenters. The summed E-state index contributed by atoms with van der Waals surface area (Å²) < 4.78 is 10.6. The van der Waals surface area contributed by atoms with Gasteiger partial charge in [-0.05, 0) is 32.9 Å². The largest absolute Gasteiger partial charge is 0.497 e. The van der Waals surface area contributed by atoms with Crippen LogP contribution in [0, 0.1) is 0 Å². The molecule has 0 radical (unpaired) electrons. The van der Waals surface area contributed by atoms with E-state index in [-0.39, 0.29) is 6.61 Å². The first kappa shape index (κ1) is 13.8. The van der Waals surface area contributed by atoms with E-state index in [0.717, 1.165) is 0 Å². The first-order chi connectivity index (χ1) is 7.83. The zero-order valence-electron chi connectivity index (χ0n) is 10.7. The molecule has 1 aromatic carbocycles. The minimum absolute atomic E-state index is 0.153. The summed E-state index contributed by atoms with van der Waals surface area (Å²) >= 11 is 0. The maximum atomic E-state index is 9.62. The molecule has 1 aromatic rings. The predicted molar refractivity (Wildman–Crippen MR) is 65.4 cm³/mol. The molecule has 0 unspecified atom stereocenters. The van der Waals surface area contributed by atoms with Crippen LogP contribution in [0.2, 0.25) is 0 Å². The van der Waals surface area contributed by atoms with Crippen LogP contribution in [0.25, 0.3) is 0 Å². The van der Waals surface area contributed by atoms with Gasteiger partial charge in [0.25, 0.3) is 0 Å². The van der Waals surface area contributed by atoms with Gasteiger partial charge in [0.15, 0.2) is 0 Å². The van der Waals surface area contributed by atoms with E-state index in [1.165, 1.54) is 0 Å². The standard InChI is InChI=1S/C13H20O4/c1-9(14)11-6-5-10(16-4)7-12(11)17-8-13(2,3)15/h5-7,9,14-15H,8H2,1-4H3/t9-/m0/s1. The molecule has 0 spiro atoms. The smallest absolute Gasteiger partial charge is 0.128 e. The number of aliphatic hydroxyl groups excluding tert-OH is 1. The van der Waals surface area contributed by atoms with Gasteiger partial charge in [0, 0.05) is 11.6 Å². The lowest BCUT2D eigenvalue weighted by atomic mass is 10.1. The van der Waals surface area contributed by atoms with Crippen LogP contribution in [0.4, 0.5) is 0 Å². The first-order valence-electron chi connectivity index (χ1n) is 5.54. The SMILES string of the molecule is COc1ccc([C@H](C)O)c(OCC(C)(C)O)c1. The molecule has 1 rings (SSSR count). The molecule has 4 heteroatoms. The van der Waals surface area contributed by atoms with Crippen molar-refractivity contribution in [2.75, 3.05) is 13.7 Å². The summed E-state index contributed by atoms with van der Waals surface area (Å²) in [6.45, 7) is 5.14. The summed E-state index contributed by atoms with van der Waals surface area (Å²) in [5.74, 6) is 1.18. The van der Waals surface area contributed by atoms with Crippen LogP contribution in [-0.4, -0.2) is 29.5 Å². The minimum atomic E-state index is -0.918. The van der Waals surface area contributed by atoms with Crippen molar-refractivity contribution in [2.24, 2.45) is 0 Å². The Labute approximate surface area is 102 Å². The Morgan fingerprint density at radius 3 is 2.47 bits per heavy atom.